The van der Waals surface area contributed by atoms with Crippen molar-refractivity contribution in [3.63, 3.8) is 0 Å². The van der Waals surface area contributed by atoms with Gasteiger partial charge in [0, 0.05) is 0 Å². The summed E-state index contributed by atoms with van der Waals surface area (Å²) in [5.74, 6) is 0. The number of hydrogen-bond donors (Lipinski definition) is 0. The molecule has 0 aromatic heterocycles. The molecule has 0 atom stereocenters. The lowest BCUT2D eigenvalue weighted by Crippen LogP contribution is -2.65. The lowest BCUT2D eigenvalue weighted by atomic mass is 9.99. The quantitative estimate of drug-likeness (QED) is 0.799. The van der Waals surface area contributed by atoms with Crippen LogP contribution in [0.25, 0.3) is 0 Å². The molecule has 1 heterocycles. The number of halogens is 6. The van der Waals surface area contributed by atoms with Crippen molar-refractivity contribution >= 4 is 0 Å². The van der Waals surface area contributed by atoms with Gasteiger partial charge in [-0.2, -0.15) is 31.5 Å². The lowest BCUT2D eigenvalue weighted by Gasteiger charge is -2.37. The molecule has 21 heavy (non-hydrogen) atoms. The molecule has 0 aliphatic carbocycles. The smallest absolute Gasteiger partial charge is 0.249 e. The molecule has 0 spiro atoms. The van der Waals surface area contributed by atoms with Crippen LogP contribution in [0, 0.1) is 0 Å². The van der Waals surface area contributed by atoms with Crippen LogP contribution >= 0.6 is 0 Å². The first-order chi connectivity index (χ1) is 9.68. The molecule has 0 bridgehead atoms. The number of nitrogens with zero attached hydrogens (tertiary/aromatic N) is 3. The normalized spacial score (nSPS) is 18.3. The molecule has 0 saturated carbocycles. The molecule has 116 valence electrons. The standard InChI is InChI=1S/C11H9F6N3O/c12-10(13,14)9(11(15,16)17)7-18-19-20(9)21-6-8-4-2-1-3-5-8/h1-5H,6-7H2. The number of rotatable bonds is 3. The van der Waals surface area contributed by atoms with Crippen LogP contribution in [0.15, 0.2) is 40.7 Å². The summed E-state index contributed by atoms with van der Waals surface area (Å²) < 4.78 is 77.6. The van der Waals surface area contributed by atoms with Gasteiger partial charge in [0.25, 0.3) is 5.54 Å². The second-order valence-electron chi connectivity index (χ2n) is 4.28. The van der Waals surface area contributed by atoms with Gasteiger partial charge in [0.2, 0.25) is 0 Å². The topological polar surface area (TPSA) is 37.2 Å². The maximum absolute atomic E-state index is 12.9. The first kappa shape index (κ1) is 15.5. The third-order valence-electron chi connectivity index (χ3n) is 2.90. The Morgan fingerprint density at radius 3 is 2.14 bits per heavy atom. The van der Waals surface area contributed by atoms with E-state index in [1.165, 1.54) is 12.1 Å². The zero-order valence-corrected chi connectivity index (χ0v) is 10.3. The van der Waals surface area contributed by atoms with Crippen LogP contribution in [0.1, 0.15) is 5.56 Å². The Labute approximate surface area is 114 Å². The predicted molar refractivity (Wildman–Crippen MR) is 57.6 cm³/mol. The molecule has 10 heteroatoms. The zero-order valence-electron chi connectivity index (χ0n) is 10.3. The first-order valence-corrected chi connectivity index (χ1v) is 5.66. The van der Waals surface area contributed by atoms with E-state index in [9.17, 15) is 26.3 Å². The lowest BCUT2D eigenvalue weighted by molar-refractivity contribution is -0.392. The third kappa shape index (κ3) is 2.67. The fourth-order valence-electron chi connectivity index (χ4n) is 1.73. The second kappa shape index (κ2) is 5.17. The molecular weight excluding hydrogens is 304 g/mol. The Morgan fingerprint density at radius 1 is 1.05 bits per heavy atom. The number of hydrogen-bond acceptors (Lipinski definition) is 4. The van der Waals surface area contributed by atoms with Crippen molar-refractivity contribution in [3.8, 4) is 0 Å². The SMILES string of the molecule is FC(F)(F)C1(C(F)(F)F)CN=NN1OCc1ccccc1. The van der Waals surface area contributed by atoms with Gasteiger partial charge < -0.3 is 0 Å². The zero-order chi connectivity index (χ0) is 15.7. The molecule has 0 amide bonds. The van der Waals surface area contributed by atoms with Gasteiger partial charge in [-0.15, -0.1) is 5.17 Å². The van der Waals surface area contributed by atoms with Crippen LogP contribution in [0.3, 0.4) is 0 Å². The maximum atomic E-state index is 12.9. The van der Waals surface area contributed by atoms with Crippen LogP contribution in [-0.2, 0) is 11.4 Å². The van der Waals surface area contributed by atoms with Crippen LogP contribution in [-0.4, -0.2) is 29.6 Å². The van der Waals surface area contributed by atoms with Crippen molar-refractivity contribution in [2.24, 2.45) is 10.3 Å². The number of hydroxylamine groups is 1. The van der Waals surface area contributed by atoms with Crippen LogP contribution < -0.4 is 0 Å². The monoisotopic (exact) mass is 313 g/mol. The van der Waals surface area contributed by atoms with E-state index < -0.39 is 36.2 Å². The Morgan fingerprint density at radius 2 is 1.62 bits per heavy atom. The number of benzene rings is 1. The molecular formula is C11H9F6N3O. The van der Waals surface area contributed by atoms with E-state index in [2.05, 4.69) is 15.2 Å². The molecule has 1 aromatic rings. The van der Waals surface area contributed by atoms with Crippen molar-refractivity contribution in [3.05, 3.63) is 35.9 Å². The summed E-state index contributed by atoms with van der Waals surface area (Å²) in [5, 5.41) is 5.18. The number of alkyl halides is 6. The van der Waals surface area contributed by atoms with Gasteiger partial charge in [0.1, 0.15) is 13.2 Å². The third-order valence-corrected chi connectivity index (χ3v) is 2.90. The summed E-state index contributed by atoms with van der Waals surface area (Å²) in [5.41, 5.74) is -3.85. The fourth-order valence-corrected chi connectivity index (χ4v) is 1.73. The Kier molecular flexibility index (Phi) is 3.83. The summed E-state index contributed by atoms with van der Waals surface area (Å²) in [6, 6.07) is 7.79. The fraction of sp³-hybridized carbons (Fsp3) is 0.455. The van der Waals surface area contributed by atoms with E-state index in [0.29, 0.717) is 5.56 Å². The highest BCUT2D eigenvalue weighted by Crippen LogP contribution is 2.50. The van der Waals surface area contributed by atoms with E-state index in [1.54, 1.807) is 18.2 Å². The summed E-state index contributed by atoms with van der Waals surface area (Å²) in [6.45, 7) is -2.08. The van der Waals surface area contributed by atoms with Gasteiger partial charge in [-0.3, -0.25) is 0 Å². The maximum Gasteiger partial charge on any atom is 0.426 e. The van der Waals surface area contributed by atoms with Gasteiger partial charge in [-0.25, -0.2) is 4.84 Å². The van der Waals surface area contributed by atoms with Crippen molar-refractivity contribution in [2.75, 3.05) is 6.54 Å². The molecule has 2 rings (SSSR count). The molecule has 4 nitrogen and oxygen atoms in total. The van der Waals surface area contributed by atoms with Crippen molar-refractivity contribution in [1.82, 2.24) is 5.17 Å². The van der Waals surface area contributed by atoms with Crippen molar-refractivity contribution in [1.29, 1.82) is 0 Å². The Hall–Kier alpha value is -1.84. The summed E-state index contributed by atoms with van der Waals surface area (Å²) in [4.78, 5) is 4.59. The summed E-state index contributed by atoms with van der Waals surface area (Å²) in [7, 11) is 0. The average Bonchev–Trinajstić information content (AvgIpc) is 2.81. The molecule has 1 aliphatic heterocycles. The van der Waals surface area contributed by atoms with Crippen molar-refractivity contribution < 1.29 is 31.2 Å². The van der Waals surface area contributed by atoms with E-state index >= 15 is 0 Å². The minimum atomic E-state index is -5.63. The van der Waals surface area contributed by atoms with E-state index in [4.69, 9.17) is 0 Å². The van der Waals surface area contributed by atoms with Gasteiger partial charge >= 0.3 is 12.4 Å². The van der Waals surface area contributed by atoms with E-state index in [1.807, 2.05) is 0 Å². The highest BCUT2D eigenvalue weighted by molar-refractivity contribution is 5.13. The highest BCUT2D eigenvalue weighted by Gasteiger charge is 2.77. The highest BCUT2D eigenvalue weighted by atomic mass is 19.4. The predicted octanol–water partition coefficient (Wildman–Crippen LogP) is 3.66. The van der Waals surface area contributed by atoms with E-state index in [-0.39, 0.29) is 0 Å². The van der Waals surface area contributed by atoms with Crippen LogP contribution in [0.4, 0.5) is 26.3 Å². The van der Waals surface area contributed by atoms with Gasteiger partial charge in [0.15, 0.2) is 0 Å². The molecule has 1 aliphatic rings. The second-order valence-corrected chi connectivity index (χ2v) is 4.28. The Balaban J connectivity index is 2.23. The average molecular weight is 313 g/mol. The summed E-state index contributed by atoms with van der Waals surface area (Å²) in [6.07, 6.45) is -11.3. The van der Waals surface area contributed by atoms with Crippen LogP contribution in [0.5, 0.6) is 0 Å². The van der Waals surface area contributed by atoms with Gasteiger partial charge in [0.05, 0.1) is 0 Å². The van der Waals surface area contributed by atoms with Gasteiger partial charge in [-0.1, -0.05) is 30.3 Å². The minimum absolute atomic E-state index is 0.401. The van der Waals surface area contributed by atoms with Gasteiger partial charge in [-0.05, 0) is 10.8 Å². The van der Waals surface area contributed by atoms with Crippen LogP contribution in [0.2, 0.25) is 0 Å². The Bertz CT molecular complexity index is 499. The van der Waals surface area contributed by atoms with E-state index in [0.717, 1.165) is 0 Å². The molecule has 0 N–H and O–H groups in total. The molecule has 0 unspecified atom stereocenters. The van der Waals surface area contributed by atoms with Crippen molar-refractivity contribution in [2.45, 2.75) is 24.5 Å². The molecule has 0 saturated heterocycles. The first-order valence-electron chi connectivity index (χ1n) is 5.66. The molecule has 0 radical (unpaired) electrons. The largest absolute Gasteiger partial charge is 0.426 e. The minimum Gasteiger partial charge on any atom is -0.249 e. The molecule has 0 fully saturated rings. The molecule has 1 aromatic carbocycles. The summed E-state index contributed by atoms with van der Waals surface area (Å²) >= 11 is 0.